The third-order valence-corrected chi connectivity index (χ3v) is 7.58. The first-order valence-electron chi connectivity index (χ1n) is 14.1. The van der Waals surface area contributed by atoms with Crippen LogP contribution in [0.15, 0.2) is 52.9 Å². The maximum atomic E-state index is 12.2. The zero-order chi connectivity index (χ0) is 35.6. The SMILES string of the molecule is CC(C)(C)[S@@](=O)N=Cc1cccc(OC(F)(F)F)c1.CC[C@H](N[S@](=O)C(C)(C)C)c1cccc(OC(F)(F)F)c1.[2H]CC.[Br-].[CH2-]C.[Mg+2]. The summed E-state index contributed by atoms with van der Waals surface area (Å²) in [4.78, 5) is 0. The Hall–Kier alpha value is -1.20. The molecule has 0 aliphatic rings. The molecule has 0 saturated heterocycles. The molecule has 0 fully saturated rings. The predicted octanol–water partition coefficient (Wildman–Crippen LogP) is 6.04. The molecule has 0 amide bonds. The minimum absolute atomic E-state index is 0. The van der Waals surface area contributed by atoms with Gasteiger partial charge < -0.3 is 33.4 Å². The fourth-order valence-electron chi connectivity index (χ4n) is 2.68. The molecule has 0 saturated carbocycles. The summed E-state index contributed by atoms with van der Waals surface area (Å²) in [6, 6.07) is 10.7. The molecule has 2 aromatic rings. The predicted molar refractivity (Wildman–Crippen MR) is 174 cm³/mol. The second-order valence-electron chi connectivity index (χ2n) is 10.3. The maximum Gasteiger partial charge on any atom is 2.00 e. The van der Waals surface area contributed by atoms with Gasteiger partial charge in [-0.2, -0.15) is 11.3 Å². The van der Waals surface area contributed by atoms with Crippen LogP contribution in [0.4, 0.5) is 26.3 Å². The summed E-state index contributed by atoms with van der Waals surface area (Å²) in [5.74, 6) is -0.611. The number of hydrogen-bond donors (Lipinski definition) is 1. The standard InChI is InChI=1S/C14H20F3NO2S.C12H14F3NO2S.C2H6.C2H5.BrH.Mg/c1-5-12(18-21(19)13(2,3)4)10-7-6-8-11(9-10)20-14(15,16)17;1-11(2,3)19(17)16-8-9-5-4-6-10(7-9)18-12(13,14)15;2*1-2;;/h6-9,12,18H,5H2,1-4H3;4-8H,1-3H3;1-2H3;1H2,2H3;1H;/q;;;-1;;+2/p-1/t12-,21+;19-;;;;/m01..../s1/i;;1D;;;. The molecule has 3 atom stereocenters. The number of hydrogen-bond acceptors (Lipinski definition) is 4. The van der Waals surface area contributed by atoms with E-state index in [0.29, 0.717) is 24.4 Å². The van der Waals surface area contributed by atoms with Gasteiger partial charge in [0.05, 0.1) is 20.5 Å². The van der Waals surface area contributed by atoms with Gasteiger partial charge >= 0.3 is 35.8 Å². The number of benzene rings is 2. The van der Waals surface area contributed by atoms with E-state index in [1.807, 2.05) is 27.7 Å². The van der Waals surface area contributed by atoms with E-state index in [4.69, 9.17) is 1.37 Å². The van der Waals surface area contributed by atoms with E-state index in [1.54, 1.807) is 46.8 Å². The Balaban J connectivity index is -0.000000334. The first kappa shape index (κ1) is 49.2. The van der Waals surface area contributed by atoms with Crippen molar-refractivity contribution in [1.82, 2.24) is 4.72 Å². The molecule has 2 aromatic carbocycles. The van der Waals surface area contributed by atoms with Gasteiger partial charge in [0.25, 0.3) is 0 Å². The molecule has 6 nitrogen and oxygen atoms in total. The van der Waals surface area contributed by atoms with E-state index in [1.165, 1.54) is 42.6 Å². The van der Waals surface area contributed by atoms with E-state index in [9.17, 15) is 34.8 Å². The topological polar surface area (TPSA) is 77.0 Å². The van der Waals surface area contributed by atoms with Gasteiger partial charge in [-0.25, -0.2) is 13.1 Å². The fraction of sp³-hybridized carbons (Fsp3) is 0.533. The molecule has 0 spiro atoms. The van der Waals surface area contributed by atoms with Gasteiger partial charge in [0.2, 0.25) is 0 Å². The van der Waals surface area contributed by atoms with Crippen molar-refractivity contribution in [3.63, 3.8) is 0 Å². The molecule has 0 aliphatic heterocycles. The van der Waals surface area contributed by atoms with Crippen LogP contribution in [0.25, 0.3) is 0 Å². The van der Waals surface area contributed by atoms with Gasteiger partial charge in [-0.3, -0.25) is 0 Å². The summed E-state index contributed by atoms with van der Waals surface area (Å²) in [6.07, 6.45) is -7.59. The molecule has 262 valence electrons. The molecule has 0 heterocycles. The van der Waals surface area contributed by atoms with Crippen LogP contribution < -0.4 is 31.2 Å². The van der Waals surface area contributed by atoms with Crippen molar-refractivity contribution in [2.24, 2.45) is 4.40 Å². The molecule has 0 aliphatic carbocycles. The van der Waals surface area contributed by atoms with Crippen molar-refractivity contribution in [3.05, 3.63) is 66.6 Å². The molecule has 0 aromatic heterocycles. The van der Waals surface area contributed by atoms with Gasteiger partial charge in [0.15, 0.2) is 0 Å². The Labute approximate surface area is 303 Å². The average Bonchev–Trinajstić information content (AvgIpc) is 2.89. The Kier molecular flexibility index (Phi) is 25.7. The molecule has 46 heavy (non-hydrogen) atoms. The Bertz CT molecular complexity index is 1210. The van der Waals surface area contributed by atoms with E-state index < -0.39 is 44.2 Å². The van der Waals surface area contributed by atoms with Crippen LogP contribution in [-0.2, 0) is 22.0 Å². The summed E-state index contributed by atoms with van der Waals surface area (Å²) in [6.45, 7) is 19.9. The molecule has 16 heteroatoms. The van der Waals surface area contributed by atoms with Gasteiger partial charge in [0, 0.05) is 13.6 Å². The van der Waals surface area contributed by atoms with E-state index in [2.05, 4.69) is 25.5 Å². The monoisotopic (exact) mass is 779 g/mol. The second kappa shape index (κ2) is 24.0. The first-order valence-corrected chi connectivity index (χ1v) is 15.6. The molecule has 0 bridgehead atoms. The number of nitrogens with one attached hydrogen (secondary N) is 1. The Morgan fingerprint density at radius 2 is 1.33 bits per heavy atom. The Morgan fingerprint density at radius 1 is 0.891 bits per heavy atom. The zero-order valence-electron chi connectivity index (χ0n) is 28.6. The number of rotatable bonds is 8. The molecular weight excluding hydrogens is 735 g/mol. The van der Waals surface area contributed by atoms with Crippen LogP contribution in [0, 0.1) is 6.92 Å². The van der Waals surface area contributed by atoms with Crippen LogP contribution in [0.5, 0.6) is 11.5 Å². The van der Waals surface area contributed by atoms with Crippen LogP contribution in [0.3, 0.4) is 0 Å². The smallest absolute Gasteiger partial charge is 1.00 e. The summed E-state index contributed by atoms with van der Waals surface area (Å²) < 4.78 is 116. The zero-order valence-corrected chi connectivity index (χ0v) is 32.3. The molecule has 0 radical (unpaired) electrons. The number of halogens is 7. The van der Waals surface area contributed by atoms with Gasteiger partial charge in [0.1, 0.15) is 22.5 Å². The second-order valence-corrected chi connectivity index (χ2v) is 14.2. The third kappa shape index (κ3) is 24.0. The van der Waals surface area contributed by atoms with Crippen molar-refractivity contribution >= 4 is 51.2 Å². The Morgan fingerprint density at radius 3 is 1.72 bits per heavy atom. The number of nitrogens with zero attached hydrogens (tertiary/aromatic N) is 1. The van der Waals surface area contributed by atoms with Crippen molar-refractivity contribution in [2.45, 2.75) is 104 Å². The summed E-state index contributed by atoms with van der Waals surface area (Å²) >= 11 is 0. The summed E-state index contributed by atoms with van der Waals surface area (Å²) in [5, 5.41) is 0. The summed E-state index contributed by atoms with van der Waals surface area (Å²) in [5.41, 5.74) is 0.996. The van der Waals surface area contributed by atoms with Crippen LogP contribution in [0.1, 0.15) is 94.2 Å². The van der Waals surface area contributed by atoms with Gasteiger partial charge in [-0.15, -0.1) is 26.3 Å². The van der Waals surface area contributed by atoms with Crippen LogP contribution in [0.2, 0.25) is 0 Å². The minimum atomic E-state index is -4.73. The minimum Gasteiger partial charge on any atom is -1.00 e. The van der Waals surface area contributed by atoms with E-state index in [-0.39, 0.29) is 57.6 Å². The van der Waals surface area contributed by atoms with E-state index >= 15 is 0 Å². The quantitative estimate of drug-likeness (QED) is 0.154. The first-order chi connectivity index (χ1) is 20.5. The van der Waals surface area contributed by atoms with Crippen molar-refractivity contribution in [2.75, 3.05) is 0 Å². The molecule has 1 N–H and O–H groups in total. The number of ether oxygens (including phenoxy) is 2. The van der Waals surface area contributed by atoms with E-state index in [0.717, 1.165) is 0 Å². The molecule has 2 rings (SSSR count). The van der Waals surface area contributed by atoms with Crippen molar-refractivity contribution in [3.8, 4) is 11.5 Å². The molecular formula is C30H45BrF6MgN2O4S2. The van der Waals surface area contributed by atoms with Gasteiger partial charge in [-0.05, 0) is 83.4 Å². The van der Waals surface area contributed by atoms with Gasteiger partial charge in [-0.1, -0.05) is 45.0 Å². The maximum absolute atomic E-state index is 12.2. The largest absolute Gasteiger partial charge is 2.00 e. The molecule has 0 unspecified atom stereocenters. The summed E-state index contributed by atoms with van der Waals surface area (Å²) in [7, 11) is -2.76. The van der Waals surface area contributed by atoms with Crippen molar-refractivity contribution in [1.29, 1.82) is 0 Å². The fourth-order valence-corrected chi connectivity index (χ4v) is 4.13. The van der Waals surface area contributed by atoms with Crippen LogP contribution in [-0.4, -0.2) is 59.9 Å². The third-order valence-electron chi connectivity index (χ3n) is 4.62. The number of alkyl halides is 6. The average molecular weight is 781 g/mol. The van der Waals surface area contributed by atoms with Crippen molar-refractivity contribution < 1.29 is 62.6 Å². The normalized spacial score (nSPS) is 13.7. The van der Waals surface area contributed by atoms with Crippen LogP contribution >= 0.6 is 0 Å².